The Labute approximate surface area is 168 Å². The third-order valence-corrected chi connectivity index (χ3v) is 5.09. The molecule has 3 heterocycles. The van der Waals surface area contributed by atoms with Crippen molar-refractivity contribution in [1.82, 2.24) is 25.7 Å². The molecular weight excluding hydrogens is 386 g/mol. The number of nitrogens with two attached hydrogens (primary N) is 1. The van der Waals surface area contributed by atoms with Gasteiger partial charge in [0.2, 0.25) is 5.91 Å². The van der Waals surface area contributed by atoms with E-state index >= 15 is 0 Å². The summed E-state index contributed by atoms with van der Waals surface area (Å²) in [7, 11) is 0. The summed E-state index contributed by atoms with van der Waals surface area (Å²) in [5.74, 6) is -0.426. The quantitative estimate of drug-likeness (QED) is 0.351. The standard InChI is InChI=1S/C17H25N7O3.ClH/c1-10(2)12(15(25)23-27)22-16(26)17(18)4-7-24(8-5-17)14-11-3-6-19-13(11)20-9-21-14;/h3,6,9-10,12,27H,4-5,7-8,18H2,1-2H3,(H,22,26)(H,23,25)(H,19,20,21);1H/t12-;/m0./s1. The number of halogens is 1. The van der Waals surface area contributed by atoms with Crippen LogP contribution in [0.15, 0.2) is 18.6 Å². The van der Waals surface area contributed by atoms with Crippen LogP contribution in [0.1, 0.15) is 26.7 Å². The average molecular weight is 412 g/mol. The predicted octanol–water partition coefficient (Wildman–Crippen LogP) is 0.324. The highest BCUT2D eigenvalue weighted by Gasteiger charge is 2.40. The molecule has 0 spiro atoms. The van der Waals surface area contributed by atoms with E-state index in [0.29, 0.717) is 25.9 Å². The summed E-state index contributed by atoms with van der Waals surface area (Å²) in [6.45, 7) is 4.67. The Kier molecular flexibility index (Phi) is 6.81. The highest BCUT2D eigenvalue weighted by molar-refractivity contribution is 5.92. The Bertz CT molecular complexity index is 833. The minimum absolute atomic E-state index is 0. The molecule has 154 valence electrons. The van der Waals surface area contributed by atoms with Crippen LogP contribution in [-0.2, 0) is 9.59 Å². The summed E-state index contributed by atoms with van der Waals surface area (Å²) in [6.07, 6.45) is 4.15. The molecule has 1 aliphatic heterocycles. The number of carbonyl (C=O) groups is 2. The van der Waals surface area contributed by atoms with Gasteiger partial charge in [-0.15, -0.1) is 12.4 Å². The number of rotatable bonds is 5. The van der Waals surface area contributed by atoms with Gasteiger partial charge in [-0.25, -0.2) is 15.4 Å². The van der Waals surface area contributed by atoms with Crippen LogP contribution in [0.25, 0.3) is 11.0 Å². The summed E-state index contributed by atoms with van der Waals surface area (Å²) in [4.78, 5) is 38.2. The SMILES string of the molecule is CC(C)[C@H](NC(=O)C1(N)CCN(c2ncnc3[nH]ccc23)CC1)C(=O)NO.Cl. The van der Waals surface area contributed by atoms with Crippen molar-refractivity contribution >= 4 is 41.1 Å². The molecule has 3 rings (SSSR count). The van der Waals surface area contributed by atoms with Gasteiger partial charge >= 0.3 is 0 Å². The molecule has 2 amide bonds. The number of nitrogens with one attached hydrogen (secondary N) is 3. The number of aromatic amines is 1. The molecule has 11 heteroatoms. The Morgan fingerprint density at radius 1 is 1.32 bits per heavy atom. The van der Waals surface area contributed by atoms with Gasteiger partial charge in [0.25, 0.3) is 5.91 Å². The topological polar surface area (TPSA) is 149 Å². The molecule has 6 N–H and O–H groups in total. The van der Waals surface area contributed by atoms with Crippen molar-refractivity contribution in [2.45, 2.75) is 38.3 Å². The van der Waals surface area contributed by atoms with Crippen LogP contribution < -0.4 is 21.4 Å². The van der Waals surface area contributed by atoms with Crippen molar-refractivity contribution < 1.29 is 14.8 Å². The number of aromatic nitrogens is 3. The molecule has 28 heavy (non-hydrogen) atoms. The Balaban J connectivity index is 0.00000280. The Morgan fingerprint density at radius 3 is 2.61 bits per heavy atom. The van der Waals surface area contributed by atoms with Gasteiger partial charge in [0.15, 0.2) is 0 Å². The van der Waals surface area contributed by atoms with Crippen LogP contribution in [0.2, 0.25) is 0 Å². The number of amides is 2. The van der Waals surface area contributed by atoms with Crippen molar-refractivity contribution in [1.29, 1.82) is 0 Å². The van der Waals surface area contributed by atoms with Crippen molar-refractivity contribution in [3.05, 3.63) is 18.6 Å². The summed E-state index contributed by atoms with van der Waals surface area (Å²) in [5.41, 5.74) is 7.63. The van der Waals surface area contributed by atoms with Crippen LogP contribution in [0.3, 0.4) is 0 Å². The zero-order chi connectivity index (χ0) is 19.6. The van der Waals surface area contributed by atoms with Crippen LogP contribution in [0.4, 0.5) is 5.82 Å². The van der Waals surface area contributed by atoms with Crippen molar-refractivity contribution in [3.63, 3.8) is 0 Å². The molecule has 0 unspecified atom stereocenters. The molecule has 1 atom stereocenters. The number of hydrogen-bond acceptors (Lipinski definition) is 7. The number of carbonyl (C=O) groups excluding carboxylic acids is 2. The minimum atomic E-state index is -1.08. The summed E-state index contributed by atoms with van der Waals surface area (Å²) < 4.78 is 0. The molecular formula is C17H26ClN7O3. The van der Waals surface area contributed by atoms with E-state index in [1.165, 1.54) is 6.33 Å². The molecule has 10 nitrogen and oxygen atoms in total. The van der Waals surface area contributed by atoms with E-state index in [4.69, 9.17) is 10.9 Å². The predicted molar refractivity (Wildman–Crippen MR) is 106 cm³/mol. The van der Waals surface area contributed by atoms with Crippen LogP contribution in [-0.4, -0.2) is 56.6 Å². The monoisotopic (exact) mass is 411 g/mol. The number of piperidine rings is 1. The van der Waals surface area contributed by atoms with Gasteiger partial charge in [0.1, 0.15) is 23.8 Å². The number of hydroxylamine groups is 1. The van der Waals surface area contributed by atoms with Gasteiger partial charge in [-0.2, -0.15) is 0 Å². The second-order valence-electron chi connectivity index (χ2n) is 7.25. The highest BCUT2D eigenvalue weighted by Crippen LogP contribution is 2.28. The first-order chi connectivity index (χ1) is 12.9. The first kappa shape index (κ1) is 21.9. The van der Waals surface area contributed by atoms with Gasteiger partial charge in [-0.1, -0.05) is 13.8 Å². The lowest BCUT2D eigenvalue weighted by molar-refractivity contribution is -0.137. The van der Waals surface area contributed by atoms with Gasteiger partial charge in [-0.3, -0.25) is 14.8 Å². The van der Waals surface area contributed by atoms with E-state index in [1.54, 1.807) is 19.3 Å². The smallest absolute Gasteiger partial charge is 0.266 e. The van der Waals surface area contributed by atoms with Crippen molar-refractivity contribution in [2.24, 2.45) is 11.7 Å². The van der Waals surface area contributed by atoms with Gasteiger partial charge < -0.3 is 20.9 Å². The summed E-state index contributed by atoms with van der Waals surface area (Å²) >= 11 is 0. The van der Waals surface area contributed by atoms with Gasteiger partial charge in [0.05, 0.1) is 10.9 Å². The number of hydrogen-bond donors (Lipinski definition) is 5. The van der Waals surface area contributed by atoms with Gasteiger partial charge in [-0.05, 0) is 24.8 Å². The minimum Gasteiger partial charge on any atom is -0.356 e. The molecule has 1 fully saturated rings. The second kappa shape index (κ2) is 8.72. The number of fused-ring (bicyclic) bond motifs is 1. The molecule has 2 aromatic rings. The fourth-order valence-corrected chi connectivity index (χ4v) is 3.34. The number of nitrogens with zero attached hydrogens (tertiary/aromatic N) is 3. The van der Waals surface area contributed by atoms with E-state index in [2.05, 4.69) is 25.2 Å². The molecule has 0 radical (unpaired) electrons. The largest absolute Gasteiger partial charge is 0.356 e. The zero-order valence-corrected chi connectivity index (χ0v) is 16.6. The lowest BCUT2D eigenvalue weighted by Crippen LogP contribution is -2.63. The van der Waals surface area contributed by atoms with Crippen molar-refractivity contribution in [3.8, 4) is 0 Å². The van der Waals surface area contributed by atoms with Crippen LogP contribution in [0.5, 0.6) is 0 Å². The summed E-state index contributed by atoms with van der Waals surface area (Å²) in [6, 6.07) is 1.07. The maximum absolute atomic E-state index is 12.7. The molecule has 0 bridgehead atoms. The number of H-pyrrole nitrogens is 1. The average Bonchev–Trinajstić information content (AvgIpc) is 3.14. The maximum atomic E-state index is 12.7. The zero-order valence-electron chi connectivity index (χ0n) is 15.8. The third kappa shape index (κ3) is 4.18. The fourth-order valence-electron chi connectivity index (χ4n) is 3.34. The van der Waals surface area contributed by atoms with E-state index in [1.807, 2.05) is 12.3 Å². The third-order valence-electron chi connectivity index (χ3n) is 5.09. The maximum Gasteiger partial charge on any atom is 0.266 e. The molecule has 1 aliphatic rings. The second-order valence-corrected chi connectivity index (χ2v) is 7.25. The Hall–Kier alpha value is -2.43. The molecule has 0 saturated carbocycles. The summed E-state index contributed by atoms with van der Waals surface area (Å²) in [5, 5.41) is 12.5. The van der Waals surface area contributed by atoms with Crippen LogP contribution >= 0.6 is 12.4 Å². The molecule has 1 saturated heterocycles. The van der Waals surface area contributed by atoms with E-state index in [-0.39, 0.29) is 24.2 Å². The molecule has 2 aromatic heterocycles. The van der Waals surface area contributed by atoms with Crippen LogP contribution in [0, 0.1) is 5.92 Å². The first-order valence-corrected chi connectivity index (χ1v) is 8.92. The molecule has 0 aromatic carbocycles. The van der Waals surface area contributed by atoms with E-state index in [0.717, 1.165) is 16.9 Å². The highest BCUT2D eigenvalue weighted by atomic mass is 35.5. The molecule has 0 aliphatic carbocycles. The number of anilines is 1. The van der Waals surface area contributed by atoms with Gasteiger partial charge in [0, 0.05) is 19.3 Å². The normalized spacial score (nSPS) is 17.1. The lowest BCUT2D eigenvalue weighted by Gasteiger charge is -2.39. The fraction of sp³-hybridized carbons (Fsp3) is 0.529. The lowest BCUT2D eigenvalue weighted by atomic mass is 9.86. The van der Waals surface area contributed by atoms with E-state index < -0.39 is 17.5 Å². The first-order valence-electron chi connectivity index (χ1n) is 8.92. The van der Waals surface area contributed by atoms with E-state index in [9.17, 15) is 9.59 Å². The Morgan fingerprint density at radius 2 is 2.00 bits per heavy atom. The van der Waals surface area contributed by atoms with Crippen molar-refractivity contribution in [2.75, 3.05) is 18.0 Å².